The summed E-state index contributed by atoms with van der Waals surface area (Å²) in [7, 11) is 1.76. The summed E-state index contributed by atoms with van der Waals surface area (Å²) in [5.41, 5.74) is 7.67. The predicted octanol–water partition coefficient (Wildman–Crippen LogP) is 2.20. The maximum Gasteiger partial charge on any atom is 0.217 e. The monoisotopic (exact) mass is 399 g/mol. The molecule has 1 aromatic heterocycles. The minimum atomic E-state index is -0.292. The number of methoxy groups -OCH3 is 1. The second-order valence-electron chi connectivity index (χ2n) is 7.41. The van der Waals surface area contributed by atoms with Crippen LogP contribution < -0.4 is 19.9 Å². The number of aromatic nitrogens is 1. The number of carbonyl (C=O) groups excluding carboxylic acids is 1. The first-order valence-corrected chi connectivity index (χ1v) is 10.1. The number of anilines is 1. The second kappa shape index (κ2) is 10.2. The zero-order valence-corrected chi connectivity index (χ0v) is 17.1. The Kier molecular flexibility index (Phi) is 7.43. The number of piperazine rings is 1. The minimum Gasteiger partial charge on any atom is -0.494 e. The molecule has 0 atom stereocenters. The normalized spacial score (nSPS) is 15.8. The van der Waals surface area contributed by atoms with Gasteiger partial charge in [0.05, 0.1) is 26.3 Å². The average molecular weight is 400 g/mol. The molecule has 2 heterocycles. The second-order valence-corrected chi connectivity index (χ2v) is 7.41. The average Bonchev–Trinajstić information content (AvgIpc) is 2.76. The molecule has 2 N–H and O–H groups in total. The van der Waals surface area contributed by atoms with Gasteiger partial charge >= 0.3 is 0 Å². The molecule has 1 aliphatic heterocycles. The fourth-order valence-corrected chi connectivity index (χ4v) is 3.83. The first-order valence-electron chi connectivity index (χ1n) is 10.1. The molecule has 1 aromatic carbocycles. The van der Waals surface area contributed by atoms with Crippen molar-refractivity contribution in [2.45, 2.75) is 12.8 Å². The molecule has 0 radical (unpaired) electrons. The Balaban J connectivity index is 1.65. The maximum atomic E-state index is 10.8. The number of carbonyl (C=O) groups is 1. The highest BCUT2D eigenvalue weighted by Gasteiger charge is 2.35. The number of quaternary nitrogens is 1. The molecule has 7 heteroatoms. The Hall–Kier alpha value is -2.64. The number of amides is 1. The van der Waals surface area contributed by atoms with Crippen LogP contribution in [0.5, 0.6) is 5.75 Å². The van der Waals surface area contributed by atoms with Crippen LogP contribution in [0.1, 0.15) is 12.8 Å². The Labute approximate surface area is 172 Å². The van der Waals surface area contributed by atoms with Gasteiger partial charge in [-0.3, -0.25) is 14.3 Å². The largest absolute Gasteiger partial charge is 0.494 e. The third kappa shape index (κ3) is 5.68. The molecule has 0 saturated carbocycles. The minimum absolute atomic E-state index is 0.292. The van der Waals surface area contributed by atoms with Crippen LogP contribution in [-0.2, 0) is 9.53 Å². The smallest absolute Gasteiger partial charge is 0.217 e. The number of primary amides is 1. The van der Waals surface area contributed by atoms with E-state index in [4.69, 9.17) is 15.2 Å². The van der Waals surface area contributed by atoms with Gasteiger partial charge in [-0.25, -0.2) is 0 Å². The lowest BCUT2D eigenvalue weighted by Gasteiger charge is -2.45. The highest BCUT2D eigenvalue weighted by molar-refractivity contribution is 5.73. The van der Waals surface area contributed by atoms with E-state index in [0.29, 0.717) is 19.4 Å². The molecule has 1 amide bonds. The summed E-state index contributed by atoms with van der Waals surface area (Å²) in [5.74, 6) is 0.526. The summed E-state index contributed by atoms with van der Waals surface area (Å²) in [5, 5.41) is 0. The summed E-state index contributed by atoms with van der Waals surface area (Å²) in [6.45, 7) is 6.17. The topological polar surface area (TPSA) is 77.7 Å². The summed E-state index contributed by atoms with van der Waals surface area (Å²) in [6, 6.07) is 12.5. The van der Waals surface area contributed by atoms with Gasteiger partial charge in [0.25, 0.3) is 0 Å². The van der Waals surface area contributed by atoms with Gasteiger partial charge in [0.2, 0.25) is 5.91 Å². The van der Waals surface area contributed by atoms with Gasteiger partial charge in [0.1, 0.15) is 31.1 Å². The number of hydrogen-bond donors (Lipinski definition) is 1. The van der Waals surface area contributed by atoms with Crippen LogP contribution in [0, 0.1) is 0 Å². The molecular formula is C22H31N4O3+. The molecule has 0 bridgehead atoms. The third-order valence-corrected chi connectivity index (χ3v) is 5.57. The van der Waals surface area contributed by atoms with Gasteiger partial charge in [-0.15, -0.1) is 0 Å². The van der Waals surface area contributed by atoms with E-state index in [0.717, 1.165) is 49.6 Å². The molecule has 1 aliphatic rings. The van der Waals surface area contributed by atoms with Crippen LogP contribution in [0.15, 0.2) is 48.8 Å². The van der Waals surface area contributed by atoms with Crippen molar-refractivity contribution in [3.8, 4) is 5.75 Å². The molecule has 0 aliphatic carbocycles. The molecule has 3 rings (SSSR count). The zero-order chi connectivity index (χ0) is 20.5. The fraction of sp³-hybridized carbons (Fsp3) is 0.455. The van der Waals surface area contributed by atoms with Crippen molar-refractivity contribution in [3.05, 3.63) is 48.8 Å². The van der Waals surface area contributed by atoms with E-state index in [2.05, 4.69) is 34.1 Å². The number of pyridine rings is 1. The van der Waals surface area contributed by atoms with E-state index in [9.17, 15) is 4.79 Å². The van der Waals surface area contributed by atoms with Crippen molar-refractivity contribution in [1.82, 2.24) is 9.47 Å². The summed E-state index contributed by atoms with van der Waals surface area (Å²) in [6.07, 6.45) is 4.68. The fourth-order valence-electron chi connectivity index (χ4n) is 3.83. The highest BCUT2D eigenvalue weighted by atomic mass is 16.5. The quantitative estimate of drug-likeness (QED) is 0.490. The maximum absolute atomic E-state index is 10.8. The molecular weight excluding hydrogens is 368 g/mol. The molecule has 2 aromatic rings. The van der Waals surface area contributed by atoms with Gasteiger partial charge in [-0.1, -0.05) is 0 Å². The summed E-state index contributed by atoms with van der Waals surface area (Å²) in [4.78, 5) is 17.3. The Morgan fingerprint density at radius 1 is 1.10 bits per heavy atom. The van der Waals surface area contributed by atoms with E-state index in [1.807, 2.05) is 24.5 Å². The van der Waals surface area contributed by atoms with E-state index in [-0.39, 0.29) is 5.91 Å². The lowest BCUT2D eigenvalue weighted by atomic mass is 10.1. The van der Waals surface area contributed by atoms with Gasteiger partial charge in [-0.05, 0) is 30.7 Å². The summed E-state index contributed by atoms with van der Waals surface area (Å²) >= 11 is 0. The first kappa shape index (κ1) is 21.1. The van der Waals surface area contributed by atoms with E-state index >= 15 is 0 Å². The highest BCUT2D eigenvalue weighted by Crippen LogP contribution is 2.29. The Bertz CT molecular complexity index is 759. The van der Waals surface area contributed by atoms with E-state index in [1.165, 1.54) is 11.4 Å². The standard InChI is InChI=1S/C22H30N4O3/c1-28-18-16-26(14-12-25(13-15-26)19-8-10-24-11-9-19)20-4-6-21(7-5-20)29-17-2-3-22(23)27/h4-11H,2-3,12-18H2,1H3,(H-,23,27)/p+1. The van der Waals surface area contributed by atoms with Crippen molar-refractivity contribution >= 4 is 17.3 Å². The zero-order valence-electron chi connectivity index (χ0n) is 17.1. The van der Waals surface area contributed by atoms with Crippen LogP contribution in [0.4, 0.5) is 11.4 Å². The molecule has 7 nitrogen and oxygen atoms in total. The number of benzene rings is 1. The van der Waals surface area contributed by atoms with E-state index < -0.39 is 0 Å². The molecule has 0 unspecified atom stereocenters. The van der Waals surface area contributed by atoms with Crippen molar-refractivity contribution < 1.29 is 14.3 Å². The van der Waals surface area contributed by atoms with Crippen LogP contribution >= 0.6 is 0 Å². The molecule has 29 heavy (non-hydrogen) atoms. The van der Waals surface area contributed by atoms with Crippen LogP contribution in [-0.4, -0.2) is 63.9 Å². The number of rotatable bonds is 10. The van der Waals surface area contributed by atoms with Crippen LogP contribution in [0.2, 0.25) is 0 Å². The Morgan fingerprint density at radius 2 is 1.79 bits per heavy atom. The van der Waals surface area contributed by atoms with Gasteiger partial charge in [0.15, 0.2) is 0 Å². The van der Waals surface area contributed by atoms with Crippen LogP contribution in [0.3, 0.4) is 0 Å². The predicted molar refractivity (Wildman–Crippen MR) is 115 cm³/mol. The third-order valence-electron chi connectivity index (χ3n) is 5.57. The molecule has 156 valence electrons. The number of ether oxygens (including phenoxy) is 2. The van der Waals surface area contributed by atoms with Crippen molar-refractivity contribution in [2.24, 2.45) is 5.73 Å². The van der Waals surface area contributed by atoms with Crippen LogP contribution in [0.25, 0.3) is 0 Å². The van der Waals surface area contributed by atoms with Crippen molar-refractivity contribution in [3.63, 3.8) is 0 Å². The van der Waals surface area contributed by atoms with Gasteiger partial charge < -0.3 is 20.1 Å². The lowest BCUT2D eigenvalue weighted by Crippen LogP contribution is -2.62. The SMILES string of the molecule is COCC[N+]1(c2ccc(OCCCC(N)=O)cc2)CCN(c2ccncc2)CC1. The van der Waals surface area contributed by atoms with Crippen molar-refractivity contribution in [1.29, 1.82) is 0 Å². The number of nitrogens with zero attached hydrogens (tertiary/aromatic N) is 3. The lowest BCUT2D eigenvalue weighted by molar-refractivity contribution is -0.118. The number of nitrogens with two attached hydrogens (primary N) is 1. The van der Waals surface area contributed by atoms with Gasteiger partial charge in [-0.2, -0.15) is 0 Å². The number of hydrogen-bond acceptors (Lipinski definition) is 5. The van der Waals surface area contributed by atoms with Gasteiger partial charge in [0, 0.05) is 43.7 Å². The molecule has 1 saturated heterocycles. The molecule has 0 spiro atoms. The van der Waals surface area contributed by atoms with Crippen molar-refractivity contribution in [2.75, 3.05) is 57.9 Å². The molecule has 1 fully saturated rings. The summed E-state index contributed by atoms with van der Waals surface area (Å²) < 4.78 is 12.0. The van der Waals surface area contributed by atoms with E-state index in [1.54, 1.807) is 7.11 Å². The Morgan fingerprint density at radius 3 is 2.41 bits per heavy atom. The first-order chi connectivity index (χ1) is 14.1.